The Morgan fingerprint density at radius 1 is 1.27 bits per heavy atom. The molecular weight excluding hydrogens is 316 g/mol. The first-order valence-electron chi connectivity index (χ1n) is 7.21. The lowest BCUT2D eigenvalue weighted by Crippen LogP contribution is -2.35. The van der Waals surface area contributed by atoms with E-state index in [1.165, 1.54) is 11.3 Å². The Kier molecular flexibility index (Phi) is 4.94. The third-order valence-corrected chi connectivity index (χ3v) is 5.12. The highest BCUT2D eigenvalue weighted by Gasteiger charge is 2.21. The van der Waals surface area contributed by atoms with Gasteiger partial charge in [0.15, 0.2) is 0 Å². The van der Waals surface area contributed by atoms with Gasteiger partial charge in [-0.05, 0) is 24.1 Å². The predicted molar refractivity (Wildman–Crippen MR) is 90.9 cm³/mol. The zero-order valence-corrected chi connectivity index (χ0v) is 14.1. The average molecular weight is 334 g/mol. The summed E-state index contributed by atoms with van der Waals surface area (Å²) in [7, 11) is 0. The minimum absolute atomic E-state index is 0.140. The lowest BCUT2D eigenvalue weighted by atomic mass is 10.3. The van der Waals surface area contributed by atoms with E-state index in [0.29, 0.717) is 0 Å². The first-order valence-corrected chi connectivity index (χ1v) is 9.32. The highest BCUT2D eigenvalue weighted by Crippen LogP contribution is 2.19. The molecule has 0 bridgehead atoms. The van der Waals surface area contributed by atoms with Crippen molar-refractivity contribution in [1.82, 2.24) is 14.9 Å². The molecule has 3 rings (SSSR count). The van der Waals surface area contributed by atoms with Gasteiger partial charge in [-0.25, -0.2) is 4.98 Å². The zero-order chi connectivity index (χ0) is 15.4. The van der Waals surface area contributed by atoms with Crippen LogP contribution in [0.4, 0.5) is 5.82 Å². The van der Waals surface area contributed by atoms with E-state index < -0.39 is 0 Å². The minimum Gasteiger partial charge on any atom is -0.353 e. The van der Waals surface area contributed by atoms with Gasteiger partial charge in [0.05, 0.1) is 17.3 Å². The third kappa shape index (κ3) is 3.41. The fourth-order valence-electron chi connectivity index (χ4n) is 2.49. The Morgan fingerprint density at radius 2 is 2.18 bits per heavy atom. The maximum absolute atomic E-state index is 12.4. The normalized spacial score (nSPS) is 15.7. The van der Waals surface area contributed by atoms with Crippen molar-refractivity contribution in [2.75, 3.05) is 37.3 Å². The number of aromatic nitrogens is 2. The SMILES string of the molecule is CSc1cncc(N2CCCN(C(=O)c3cccs3)CC2)n1. The lowest BCUT2D eigenvalue weighted by Gasteiger charge is -2.22. The summed E-state index contributed by atoms with van der Waals surface area (Å²) >= 11 is 3.10. The molecule has 1 fully saturated rings. The maximum Gasteiger partial charge on any atom is 0.263 e. The van der Waals surface area contributed by atoms with Crippen LogP contribution >= 0.6 is 23.1 Å². The molecule has 0 atom stereocenters. The summed E-state index contributed by atoms with van der Waals surface area (Å²) in [5, 5.41) is 2.87. The van der Waals surface area contributed by atoms with E-state index >= 15 is 0 Å². The topological polar surface area (TPSA) is 49.3 Å². The van der Waals surface area contributed by atoms with Crippen molar-refractivity contribution in [3.8, 4) is 0 Å². The van der Waals surface area contributed by atoms with Gasteiger partial charge in [0.25, 0.3) is 5.91 Å². The number of rotatable bonds is 3. The molecule has 7 heteroatoms. The second-order valence-corrected chi connectivity index (χ2v) is 6.80. The van der Waals surface area contributed by atoms with Crippen LogP contribution < -0.4 is 4.90 Å². The maximum atomic E-state index is 12.4. The standard InChI is InChI=1S/C15H18N4OS2/c1-21-14-11-16-10-13(17-14)18-5-3-6-19(8-7-18)15(20)12-4-2-9-22-12/h2,4,9-11H,3,5-8H2,1H3. The molecule has 22 heavy (non-hydrogen) atoms. The van der Waals surface area contributed by atoms with Gasteiger partial charge in [0.2, 0.25) is 0 Å². The van der Waals surface area contributed by atoms with E-state index in [4.69, 9.17) is 0 Å². The van der Waals surface area contributed by atoms with E-state index in [1.54, 1.807) is 24.2 Å². The smallest absolute Gasteiger partial charge is 0.263 e. The second-order valence-electron chi connectivity index (χ2n) is 5.03. The van der Waals surface area contributed by atoms with Crippen molar-refractivity contribution in [3.05, 3.63) is 34.8 Å². The number of carbonyl (C=O) groups excluding carboxylic acids is 1. The molecule has 1 aliphatic heterocycles. The number of carbonyl (C=O) groups is 1. The summed E-state index contributed by atoms with van der Waals surface area (Å²) in [5.74, 6) is 1.04. The summed E-state index contributed by atoms with van der Waals surface area (Å²) in [6.07, 6.45) is 6.52. The van der Waals surface area contributed by atoms with E-state index in [-0.39, 0.29) is 5.91 Å². The first-order chi connectivity index (χ1) is 10.8. The fourth-order valence-corrected chi connectivity index (χ4v) is 3.54. The van der Waals surface area contributed by atoms with Crippen molar-refractivity contribution in [1.29, 1.82) is 0 Å². The zero-order valence-electron chi connectivity index (χ0n) is 12.4. The van der Waals surface area contributed by atoms with Gasteiger partial charge in [0, 0.05) is 26.2 Å². The van der Waals surface area contributed by atoms with E-state index in [1.807, 2.05) is 28.7 Å². The van der Waals surface area contributed by atoms with Crippen LogP contribution in [0.1, 0.15) is 16.1 Å². The highest BCUT2D eigenvalue weighted by atomic mass is 32.2. The Balaban J connectivity index is 1.68. The molecule has 1 saturated heterocycles. The van der Waals surface area contributed by atoms with Crippen LogP contribution in [0.25, 0.3) is 0 Å². The molecule has 1 aliphatic rings. The van der Waals surface area contributed by atoms with Crippen LogP contribution in [0.15, 0.2) is 34.9 Å². The number of anilines is 1. The number of thioether (sulfide) groups is 1. The van der Waals surface area contributed by atoms with Gasteiger partial charge in [0.1, 0.15) is 10.8 Å². The first kappa shape index (κ1) is 15.3. The third-order valence-electron chi connectivity index (χ3n) is 3.65. The Bertz CT molecular complexity index is 632. The monoisotopic (exact) mass is 334 g/mol. The summed E-state index contributed by atoms with van der Waals surface area (Å²) in [6.45, 7) is 3.22. The van der Waals surface area contributed by atoms with E-state index in [0.717, 1.165) is 48.3 Å². The van der Waals surface area contributed by atoms with Crippen molar-refractivity contribution >= 4 is 34.8 Å². The summed E-state index contributed by atoms with van der Waals surface area (Å²) < 4.78 is 0. The van der Waals surface area contributed by atoms with Crippen molar-refractivity contribution in [2.45, 2.75) is 11.4 Å². The molecule has 0 spiro atoms. The van der Waals surface area contributed by atoms with Gasteiger partial charge in [-0.15, -0.1) is 23.1 Å². The Labute approximate surface area is 138 Å². The van der Waals surface area contributed by atoms with Crippen LogP contribution in [-0.2, 0) is 0 Å². The van der Waals surface area contributed by atoms with Crippen LogP contribution in [0.2, 0.25) is 0 Å². The van der Waals surface area contributed by atoms with E-state index in [9.17, 15) is 4.79 Å². The minimum atomic E-state index is 0.140. The van der Waals surface area contributed by atoms with Gasteiger partial charge >= 0.3 is 0 Å². The number of hydrogen-bond donors (Lipinski definition) is 0. The van der Waals surface area contributed by atoms with Gasteiger partial charge in [-0.2, -0.15) is 0 Å². The van der Waals surface area contributed by atoms with Gasteiger partial charge < -0.3 is 9.80 Å². The van der Waals surface area contributed by atoms with E-state index in [2.05, 4.69) is 14.9 Å². The number of amides is 1. The van der Waals surface area contributed by atoms with Crippen molar-refractivity contribution < 1.29 is 4.79 Å². The van der Waals surface area contributed by atoms with Crippen molar-refractivity contribution in [3.63, 3.8) is 0 Å². The Hall–Kier alpha value is -1.60. The number of hydrogen-bond acceptors (Lipinski definition) is 6. The molecule has 0 radical (unpaired) electrons. The number of nitrogens with zero attached hydrogens (tertiary/aromatic N) is 4. The molecule has 0 N–H and O–H groups in total. The molecular formula is C15H18N4OS2. The van der Waals surface area contributed by atoms with Gasteiger partial charge in [-0.1, -0.05) is 6.07 Å². The summed E-state index contributed by atoms with van der Waals surface area (Å²) in [4.78, 5) is 26.3. The van der Waals surface area contributed by atoms with Crippen LogP contribution in [-0.4, -0.2) is 53.2 Å². The largest absolute Gasteiger partial charge is 0.353 e. The predicted octanol–water partition coefficient (Wildman–Crippen LogP) is 2.61. The molecule has 2 aromatic heterocycles. The van der Waals surface area contributed by atoms with Crippen LogP contribution in [0, 0.1) is 0 Å². The molecule has 0 unspecified atom stereocenters. The molecule has 5 nitrogen and oxygen atoms in total. The van der Waals surface area contributed by atoms with Gasteiger partial charge in [-0.3, -0.25) is 9.78 Å². The van der Waals surface area contributed by atoms with Crippen LogP contribution in [0.5, 0.6) is 0 Å². The summed E-state index contributed by atoms with van der Waals surface area (Å²) in [6, 6.07) is 3.81. The quantitative estimate of drug-likeness (QED) is 0.808. The molecule has 116 valence electrons. The average Bonchev–Trinajstić information content (AvgIpc) is 2.98. The summed E-state index contributed by atoms with van der Waals surface area (Å²) in [5.41, 5.74) is 0. The van der Waals surface area contributed by atoms with Crippen molar-refractivity contribution in [2.24, 2.45) is 0 Å². The Morgan fingerprint density at radius 3 is 2.95 bits per heavy atom. The number of thiophene rings is 1. The molecule has 0 aliphatic carbocycles. The molecule has 2 aromatic rings. The fraction of sp³-hybridized carbons (Fsp3) is 0.400. The highest BCUT2D eigenvalue weighted by molar-refractivity contribution is 7.98. The molecule has 3 heterocycles. The molecule has 0 saturated carbocycles. The van der Waals surface area contributed by atoms with Crippen LogP contribution in [0.3, 0.4) is 0 Å². The molecule has 0 aromatic carbocycles. The second kappa shape index (κ2) is 7.11. The lowest BCUT2D eigenvalue weighted by molar-refractivity contribution is 0.0772. The molecule has 1 amide bonds.